The number of pyridine rings is 1. The largest absolute Gasteiger partial charge is 0.321 e. The van der Waals surface area contributed by atoms with Crippen LogP contribution in [0, 0.1) is 5.41 Å². The Morgan fingerprint density at radius 2 is 2.00 bits per heavy atom. The summed E-state index contributed by atoms with van der Waals surface area (Å²) in [7, 11) is 0. The smallest absolute Gasteiger partial charge is 0.0420 e. The van der Waals surface area contributed by atoms with Gasteiger partial charge >= 0.3 is 0 Å². The molecule has 0 radical (unpaired) electrons. The number of rotatable bonds is 1. The van der Waals surface area contributed by atoms with Crippen molar-refractivity contribution in [3.05, 3.63) is 42.2 Å². The number of nitrogens with zero attached hydrogens (tertiary/aromatic N) is 1. The summed E-state index contributed by atoms with van der Waals surface area (Å²) in [5.41, 5.74) is 8.24. The Labute approximate surface area is 115 Å². The summed E-state index contributed by atoms with van der Waals surface area (Å²) in [6, 6.07) is 8.52. The second-order valence-corrected chi connectivity index (χ2v) is 6.75. The Morgan fingerprint density at radius 1 is 1.16 bits per heavy atom. The van der Waals surface area contributed by atoms with Gasteiger partial charge in [0, 0.05) is 23.3 Å². The predicted octanol–water partition coefficient (Wildman–Crippen LogP) is 3.99. The molecule has 2 aromatic rings. The average molecular weight is 254 g/mol. The zero-order chi connectivity index (χ0) is 13.5. The van der Waals surface area contributed by atoms with E-state index in [9.17, 15) is 0 Å². The van der Waals surface area contributed by atoms with Crippen molar-refractivity contribution in [1.82, 2.24) is 4.98 Å². The van der Waals surface area contributed by atoms with Gasteiger partial charge in [-0.05, 0) is 41.7 Å². The fraction of sp³-hybridized carbons (Fsp3) is 0.471. The van der Waals surface area contributed by atoms with Crippen LogP contribution in [0.3, 0.4) is 0 Å². The van der Waals surface area contributed by atoms with Crippen LogP contribution in [0.2, 0.25) is 0 Å². The van der Waals surface area contributed by atoms with E-state index in [1.165, 1.54) is 29.2 Å². The maximum Gasteiger partial charge on any atom is 0.0420 e. The zero-order valence-electron chi connectivity index (χ0n) is 11.8. The van der Waals surface area contributed by atoms with Crippen LogP contribution in [0.5, 0.6) is 0 Å². The molecule has 0 aliphatic heterocycles. The molecule has 1 aromatic heterocycles. The molecule has 1 saturated carbocycles. The molecule has 1 fully saturated rings. The Morgan fingerprint density at radius 3 is 2.79 bits per heavy atom. The molecule has 0 amide bonds. The molecule has 19 heavy (non-hydrogen) atoms. The molecule has 100 valence electrons. The van der Waals surface area contributed by atoms with Gasteiger partial charge < -0.3 is 5.73 Å². The standard InChI is InChI=1S/C17H22N2/c1-16(2)8-4-9-17(18,12-16)15-6-3-5-13-11-19-10-7-14(13)15/h3,5-7,10-11H,4,8-9,12,18H2,1-2H3. The minimum absolute atomic E-state index is 0.192. The Bertz CT molecular complexity index is 598. The topological polar surface area (TPSA) is 38.9 Å². The number of hydrogen-bond donors (Lipinski definition) is 1. The van der Waals surface area contributed by atoms with E-state index in [4.69, 9.17) is 5.73 Å². The molecule has 2 nitrogen and oxygen atoms in total. The average Bonchev–Trinajstić information content (AvgIpc) is 2.36. The van der Waals surface area contributed by atoms with Crippen LogP contribution < -0.4 is 5.73 Å². The fourth-order valence-corrected chi connectivity index (χ4v) is 3.70. The van der Waals surface area contributed by atoms with Gasteiger partial charge in [-0.3, -0.25) is 4.98 Å². The minimum Gasteiger partial charge on any atom is -0.321 e. The Kier molecular flexibility index (Phi) is 2.86. The van der Waals surface area contributed by atoms with E-state index in [0.717, 1.165) is 12.8 Å². The highest BCUT2D eigenvalue weighted by molar-refractivity contribution is 5.85. The van der Waals surface area contributed by atoms with Crippen LogP contribution in [0.1, 0.15) is 45.1 Å². The number of fused-ring (bicyclic) bond motifs is 1. The summed E-state index contributed by atoms with van der Waals surface area (Å²) in [6.45, 7) is 4.67. The normalized spacial score (nSPS) is 26.5. The van der Waals surface area contributed by atoms with E-state index < -0.39 is 0 Å². The molecular formula is C17H22N2. The molecule has 1 unspecified atom stereocenters. The monoisotopic (exact) mass is 254 g/mol. The fourth-order valence-electron chi connectivity index (χ4n) is 3.70. The van der Waals surface area contributed by atoms with E-state index >= 15 is 0 Å². The highest BCUT2D eigenvalue weighted by Crippen LogP contribution is 2.46. The van der Waals surface area contributed by atoms with Crippen molar-refractivity contribution >= 4 is 10.8 Å². The molecule has 1 aliphatic rings. The molecule has 2 N–H and O–H groups in total. The summed E-state index contributed by atoms with van der Waals surface area (Å²) in [6.07, 6.45) is 8.42. The van der Waals surface area contributed by atoms with Crippen LogP contribution in [0.15, 0.2) is 36.7 Å². The Balaban J connectivity index is 2.13. The summed E-state index contributed by atoms with van der Waals surface area (Å²) >= 11 is 0. The van der Waals surface area contributed by atoms with Gasteiger partial charge in [0.15, 0.2) is 0 Å². The Hall–Kier alpha value is -1.41. The lowest BCUT2D eigenvalue weighted by atomic mass is 9.65. The number of nitrogens with two attached hydrogens (primary N) is 1. The molecule has 0 spiro atoms. The van der Waals surface area contributed by atoms with Crippen LogP contribution in [0.25, 0.3) is 10.8 Å². The zero-order valence-corrected chi connectivity index (χ0v) is 11.8. The lowest BCUT2D eigenvalue weighted by Gasteiger charge is -2.43. The molecule has 1 atom stereocenters. The summed E-state index contributed by atoms with van der Waals surface area (Å²) < 4.78 is 0. The van der Waals surface area contributed by atoms with Crippen molar-refractivity contribution < 1.29 is 0 Å². The van der Waals surface area contributed by atoms with Crippen LogP contribution in [-0.2, 0) is 5.54 Å². The quantitative estimate of drug-likeness (QED) is 0.835. The third-order valence-corrected chi connectivity index (χ3v) is 4.49. The number of aromatic nitrogens is 1. The first-order valence-electron chi connectivity index (χ1n) is 7.12. The van der Waals surface area contributed by atoms with Crippen molar-refractivity contribution in [3.8, 4) is 0 Å². The van der Waals surface area contributed by atoms with Gasteiger partial charge in [0.2, 0.25) is 0 Å². The van der Waals surface area contributed by atoms with Crippen molar-refractivity contribution in [3.63, 3.8) is 0 Å². The van der Waals surface area contributed by atoms with Crippen LogP contribution >= 0.6 is 0 Å². The molecular weight excluding hydrogens is 232 g/mol. The first kappa shape index (κ1) is 12.6. The van der Waals surface area contributed by atoms with E-state index in [0.29, 0.717) is 5.41 Å². The SMILES string of the molecule is CC1(C)CCCC(N)(c2cccc3cnccc23)C1. The lowest BCUT2D eigenvalue weighted by molar-refractivity contribution is 0.152. The first-order valence-corrected chi connectivity index (χ1v) is 7.12. The molecule has 1 aromatic carbocycles. The highest BCUT2D eigenvalue weighted by Gasteiger charge is 2.38. The second kappa shape index (κ2) is 4.31. The van der Waals surface area contributed by atoms with Gasteiger partial charge in [0.25, 0.3) is 0 Å². The van der Waals surface area contributed by atoms with Crippen LogP contribution in [0.4, 0.5) is 0 Å². The van der Waals surface area contributed by atoms with Gasteiger partial charge in [-0.25, -0.2) is 0 Å². The van der Waals surface area contributed by atoms with Gasteiger partial charge in [-0.2, -0.15) is 0 Å². The number of hydrogen-bond acceptors (Lipinski definition) is 2. The molecule has 3 rings (SSSR count). The predicted molar refractivity (Wildman–Crippen MR) is 79.9 cm³/mol. The van der Waals surface area contributed by atoms with Crippen LogP contribution in [-0.4, -0.2) is 4.98 Å². The summed E-state index contributed by atoms with van der Waals surface area (Å²) in [5, 5.41) is 2.45. The third kappa shape index (κ3) is 2.25. The maximum absolute atomic E-state index is 6.80. The molecule has 0 bridgehead atoms. The molecule has 1 heterocycles. The minimum atomic E-state index is -0.192. The van der Waals surface area contributed by atoms with Crippen molar-refractivity contribution in [2.24, 2.45) is 11.1 Å². The van der Waals surface area contributed by atoms with Crippen molar-refractivity contribution in [2.75, 3.05) is 0 Å². The molecule has 1 aliphatic carbocycles. The van der Waals surface area contributed by atoms with E-state index in [-0.39, 0.29) is 5.54 Å². The van der Waals surface area contributed by atoms with E-state index in [2.05, 4.69) is 43.1 Å². The molecule has 0 saturated heterocycles. The molecule has 2 heteroatoms. The summed E-state index contributed by atoms with van der Waals surface area (Å²) in [5.74, 6) is 0. The van der Waals surface area contributed by atoms with Gasteiger partial charge in [0.1, 0.15) is 0 Å². The lowest BCUT2D eigenvalue weighted by Crippen LogP contribution is -2.44. The number of benzene rings is 1. The van der Waals surface area contributed by atoms with Gasteiger partial charge in [-0.15, -0.1) is 0 Å². The maximum atomic E-state index is 6.80. The second-order valence-electron chi connectivity index (χ2n) is 6.75. The summed E-state index contributed by atoms with van der Waals surface area (Å²) in [4.78, 5) is 4.21. The van der Waals surface area contributed by atoms with E-state index in [1.807, 2.05) is 12.4 Å². The van der Waals surface area contributed by atoms with Crippen molar-refractivity contribution in [2.45, 2.75) is 45.1 Å². The van der Waals surface area contributed by atoms with Gasteiger partial charge in [-0.1, -0.05) is 38.5 Å². The van der Waals surface area contributed by atoms with Gasteiger partial charge in [0.05, 0.1) is 0 Å². The van der Waals surface area contributed by atoms with E-state index in [1.54, 1.807) is 0 Å². The third-order valence-electron chi connectivity index (χ3n) is 4.49. The first-order chi connectivity index (χ1) is 9.00. The highest BCUT2D eigenvalue weighted by atomic mass is 14.8. The van der Waals surface area contributed by atoms with Crippen molar-refractivity contribution in [1.29, 1.82) is 0 Å².